The zero-order valence-corrected chi connectivity index (χ0v) is 16.4. The fraction of sp³-hybridized carbons (Fsp3) is 0.478. The third kappa shape index (κ3) is 3.82. The SMILES string of the molecule is C=C/N=C1/CC(C)(C)C(c2ccc(C3CCCCC3)cc2)=N/C1=C(/C)N. The highest BCUT2D eigenvalue weighted by molar-refractivity contribution is 6.15. The van der Waals surface area contributed by atoms with Crippen molar-refractivity contribution in [1.29, 1.82) is 0 Å². The van der Waals surface area contributed by atoms with E-state index < -0.39 is 0 Å². The molecule has 1 aliphatic carbocycles. The standard InChI is InChI=1S/C23H31N3/c1-5-25-20-15-23(3,4)22(26-21(20)16(2)24)19-13-11-18(12-14-19)17-9-7-6-8-10-17/h5,11-14,17H,1,6-10,15,24H2,2-4H3/b21-16-,25-20-. The first-order valence-electron chi connectivity index (χ1n) is 9.76. The highest BCUT2D eigenvalue weighted by atomic mass is 14.9. The van der Waals surface area contributed by atoms with Crippen LogP contribution in [0.1, 0.15) is 76.3 Å². The normalized spacial score (nSPS) is 24.3. The second-order valence-corrected chi connectivity index (χ2v) is 8.27. The van der Waals surface area contributed by atoms with Crippen molar-refractivity contribution in [3.05, 3.63) is 59.6 Å². The summed E-state index contributed by atoms with van der Waals surface area (Å²) in [4.78, 5) is 9.36. The Morgan fingerprint density at radius 2 is 1.85 bits per heavy atom. The van der Waals surface area contributed by atoms with Crippen molar-refractivity contribution in [3.8, 4) is 0 Å². The van der Waals surface area contributed by atoms with Crippen LogP contribution in [0.15, 0.2) is 58.4 Å². The molecule has 3 rings (SSSR count). The van der Waals surface area contributed by atoms with Crippen LogP contribution in [0.3, 0.4) is 0 Å². The Hall–Kier alpha value is -2.16. The van der Waals surface area contributed by atoms with Gasteiger partial charge in [-0.15, -0.1) is 0 Å². The summed E-state index contributed by atoms with van der Waals surface area (Å²) in [7, 11) is 0. The van der Waals surface area contributed by atoms with Crippen LogP contribution in [-0.4, -0.2) is 11.4 Å². The number of aliphatic imine (C=N–C) groups is 2. The predicted octanol–water partition coefficient (Wildman–Crippen LogP) is 5.73. The van der Waals surface area contributed by atoms with Crippen LogP contribution in [0.4, 0.5) is 0 Å². The Labute approximate surface area is 157 Å². The van der Waals surface area contributed by atoms with Crippen LogP contribution in [-0.2, 0) is 0 Å². The molecule has 3 heteroatoms. The number of nitrogens with zero attached hydrogens (tertiary/aromatic N) is 2. The highest BCUT2D eigenvalue weighted by Crippen LogP contribution is 2.36. The maximum absolute atomic E-state index is 6.10. The van der Waals surface area contributed by atoms with Crippen LogP contribution < -0.4 is 5.73 Å². The van der Waals surface area contributed by atoms with Gasteiger partial charge in [-0.05, 0) is 36.8 Å². The molecule has 26 heavy (non-hydrogen) atoms. The van der Waals surface area contributed by atoms with E-state index in [1.54, 1.807) is 6.20 Å². The van der Waals surface area contributed by atoms with Crippen molar-refractivity contribution >= 4 is 11.4 Å². The summed E-state index contributed by atoms with van der Waals surface area (Å²) in [6.07, 6.45) is 9.16. The van der Waals surface area contributed by atoms with Crippen LogP contribution >= 0.6 is 0 Å². The first-order valence-corrected chi connectivity index (χ1v) is 9.76. The van der Waals surface area contributed by atoms with Crippen LogP contribution in [0, 0.1) is 5.41 Å². The van der Waals surface area contributed by atoms with Crippen LogP contribution in [0.25, 0.3) is 0 Å². The van der Waals surface area contributed by atoms with Gasteiger partial charge in [0.2, 0.25) is 0 Å². The zero-order chi connectivity index (χ0) is 18.7. The minimum Gasteiger partial charge on any atom is -0.400 e. The van der Waals surface area contributed by atoms with Crippen LogP contribution in [0.5, 0.6) is 0 Å². The van der Waals surface area contributed by atoms with Gasteiger partial charge in [-0.3, -0.25) is 4.99 Å². The Bertz CT molecular complexity index is 753. The molecule has 1 heterocycles. The summed E-state index contributed by atoms with van der Waals surface area (Å²) >= 11 is 0. The molecule has 2 N–H and O–H groups in total. The third-order valence-electron chi connectivity index (χ3n) is 5.63. The molecule has 0 amide bonds. The highest BCUT2D eigenvalue weighted by Gasteiger charge is 2.34. The van der Waals surface area contributed by atoms with Gasteiger partial charge < -0.3 is 5.73 Å². The van der Waals surface area contributed by atoms with Crippen molar-refractivity contribution in [2.24, 2.45) is 21.1 Å². The molecule has 3 nitrogen and oxygen atoms in total. The maximum atomic E-state index is 6.10. The molecule has 0 unspecified atom stereocenters. The summed E-state index contributed by atoms with van der Waals surface area (Å²) in [5.41, 5.74) is 12.2. The minimum atomic E-state index is -0.0901. The second kappa shape index (κ2) is 7.61. The van der Waals surface area contributed by atoms with Gasteiger partial charge in [0.25, 0.3) is 0 Å². The van der Waals surface area contributed by atoms with E-state index in [0.717, 1.165) is 29.5 Å². The molecule has 1 aromatic carbocycles. The molecule has 0 radical (unpaired) electrons. The topological polar surface area (TPSA) is 50.7 Å². The number of hydrogen-bond donors (Lipinski definition) is 1. The Kier molecular flexibility index (Phi) is 5.45. The van der Waals surface area contributed by atoms with E-state index in [9.17, 15) is 0 Å². The molecule has 1 fully saturated rings. The molecule has 2 aliphatic rings. The largest absolute Gasteiger partial charge is 0.400 e. The van der Waals surface area contributed by atoms with E-state index in [1.807, 2.05) is 6.92 Å². The molecule has 1 saturated carbocycles. The molecule has 0 spiro atoms. The van der Waals surface area contributed by atoms with Crippen LogP contribution in [0.2, 0.25) is 0 Å². The van der Waals surface area contributed by atoms with Gasteiger partial charge >= 0.3 is 0 Å². The number of hydrogen-bond acceptors (Lipinski definition) is 3. The summed E-state index contributed by atoms with van der Waals surface area (Å²) in [6, 6.07) is 9.08. The second-order valence-electron chi connectivity index (χ2n) is 8.27. The Balaban J connectivity index is 1.96. The lowest BCUT2D eigenvalue weighted by Crippen LogP contribution is -2.34. The van der Waals surface area contributed by atoms with Crippen molar-refractivity contribution in [1.82, 2.24) is 0 Å². The number of allylic oxidation sites excluding steroid dienone is 2. The Morgan fingerprint density at radius 3 is 2.42 bits per heavy atom. The van der Waals surface area contributed by atoms with Gasteiger partial charge in [-0.25, -0.2) is 4.99 Å². The molecular formula is C23H31N3. The van der Waals surface area contributed by atoms with Crippen molar-refractivity contribution in [2.75, 3.05) is 0 Å². The summed E-state index contributed by atoms with van der Waals surface area (Å²) in [5, 5.41) is 0. The molecular weight excluding hydrogens is 318 g/mol. The van der Waals surface area contributed by atoms with Gasteiger partial charge in [0, 0.05) is 23.7 Å². The fourth-order valence-electron chi connectivity index (χ4n) is 4.25. The third-order valence-corrected chi connectivity index (χ3v) is 5.63. The number of rotatable bonds is 3. The summed E-state index contributed by atoms with van der Waals surface area (Å²) in [5.74, 6) is 0.729. The average Bonchev–Trinajstić information content (AvgIpc) is 2.62. The molecule has 0 atom stereocenters. The van der Waals surface area contributed by atoms with Gasteiger partial charge in [-0.2, -0.15) is 0 Å². The molecule has 1 aliphatic heterocycles. The van der Waals surface area contributed by atoms with Crippen molar-refractivity contribution in [3.63, 3.8) is 0 Å². The van der Waals surface area contributed by atoms with E-state index in [1.165, 1.54) is 43.2 Å². The molecule has 0 saturated heterocycles. The number of benzene rings is 1. The van der Waals surface area contributed by atoms with Gasteiger partial charge in [0.1, 0.15) is 5.70 Å². The smallest absolute Gasteiger partial charge is 0.103 e. The monoisotopic (exact) mass is 349 g/mol. The first-order chi connectivity index (χ1) is 12.4. The maximum Gasteiger partial charge on any atom is 0.103 e. The van der Waals surface area contributed by atoms with Crippen molar-refractivity contribution < 1.29 is 0 Å². The first kappa shape index (κ1) is 18.6. The molecule has 0 bridgehead atoms. The van der Waals surface area contributed by atoms with Gasteiger partial charge in [-0.1, -0.05) is 64.0 Å². The van der Waals surface area contributed by atoms with E-state index in [0.29, 0.717) is 5.70 Å². The molecule has 0 aromatic heterocycles. The van der Waals surface area contributed by atoms with E-state index in [-0.39, 0.29) is 5.41 Å². The lowest BCUT2D eigenvalue weighted by atomic mass is 9.75. The minimum absolute atomic E-state index is 0.0901. The lowest BCUT2D eigenvalue weighted by Gasteiger charge is -2.33. The van der Waals surface area contributed by atoms with Gasteiger partial charge in [0.15, 0.2) is 0 Å². The van der Waals surface area contributed by atoms with Gasteiger partial charge in [0.05, 0.1) is 11.4 Å². The average molecular weight is 350 g/mol. The molecule has 1 aromatic rings. The molecule has 138 valence electrons. The fourth-order valence-corrected chi connectivity index (χ4v) is 4.25. The lowest BCUT2D eigenvalue weighted by molar-refractivity contribution is 0.443. The predicted molar refractivity (Wildman–Crippen MR) is 112 cm³/mol. The van der Waals surface area contributed by atoms with E-state index >= 15 is 0 Å². The zero-order valence-electron chi connectivity index (χ0n) is 16.4. The van der Waals surface area contributed by atoms with Crippen molar-refractivity contribution in [2.45, 2.75) is 65.2 Å². The summed E-state index contributed by atoms with van der Waals surface area (Å²) in [6.45, 7) is 10.1. The summed E-state index contributed by atoms with van der Waals surface area (Å²) < 4.78 is 0. The van der Waals surface area contributed by atoms with E-state index in [2.05, 4.69) is 49.7 Å². The Morgan fingerprint density at radius 1 is 1.19 bits per heavy atom. The van der Waals surface area contributed by atoms with E-state index in [4.69, 9.17) is 10.7 Å². The quantitative estimate of drug-likeness (QED) is 0.744. The number of nitrogens with two attached hydrogens (primary N) is 1.